The van der Waals surface area contributed by atoms with Crippen molar-refractivity contribution >= 4 is 23.4 Å². The van der Waals surface area contributed by atoms with Crippen LogP contribution in [-0.2, 0) is 11.3 Å². The molecular weight excluding hydrogens is 340 g/mol. The summed E-state index contributed by atoms with van der Waals surface area (Å²) in [6.45, 7) is 4.36. The van der Waals surface area contributed by atoms with Crippen molar-refractivity contribution in [2.24, 2.45) is 0 Å². The number of aryl methyl sites for hydroxylation is 1. The van der Waals surface area contributed by atoms with Crippen LogP contribution in [0, 0.1) is 6.92 Å². The molecular formula is C19H19ClN2O3. The largest absolute Gasteiger partial charge is 0.507 e. The number of phenolic OH excluding ortho intramolecular Hbond substituents is 1. The number of nitrogens with one attached hydrogen (secondary N) is 1. The standard InChI is InChI=1S/C19H19ClN2O3/c1-3-21-18(24)17-13-7-5-4-6-12(13)10-22(17)19(25)14-9-15(20)11(2)8-16(14)23/h4-9,17,23H,3,10H2,1-2H3,(H,21,24)/t17-/m1/s1. The van der Waals surface area contributed by atoms with E-state index in [0.29, 0.717) is 23.7 Å². The van der Waals surface area contributed by atoms with Crippen LogP contribution in [0.3, 0.4) is 0 Å². The fourth-order valence-corrected chi connectivity index (χ4v) is 3.29. The highest BCUT2D eigenvalue weighted by Crippen LogP contribution is 2.37. The molecule has 2 aromatic rings. The zero-order valence-electron chi connectivity index (χ0n) is 14.0. The van der Waals surface area contributed by atoms with Gasteiger partial charge in [0.2, 0.25) is 5.91 Å². The molecule has 0 aromatic heterocycles. The predicted octanol–water partition coefficient (Wildman–Crippen LogP) is 3.19. The SMILES string of the molecule is CCNC(=O)[C@H]1c2ccccc2CN1C(=O)c1cc(Cl)c(C)cc1O. The average Bonchev–Trinajstić information content (AvgIpc) is 2.97. The second-order valence-corrected chi connectivity index (χ2v) is 6.45. The predicted molar refractivity (Wildman–Crippen MR) is 95.6 cm³/mol. The molecule has 25 heavy (non-hydrogen) atoms. The number of benzene rings is 2. The van der Waals surface area contributed by atoms with E-state index < -0.39 is 11.9 Å². The van der Waals surface area contributed by atoms with Crippen LogP contribution < -0.4 is 5.32 Å². The second kappa shape index (κ2) is 6.76. The Kier molecular flexibility index (Phi) is 4.68. The highest BCUT2D eigenvalue weighted by atomic mass is 35.5. The first-order valence-corrected chi connectivity index (χ1v) is 8.47. The van der Waals surface area contributed by atoms with Crippen LogP contribution in [0.15, 0.2) is 36.4 Å². The van der Waals surface area contributed by atoms with E-state index in [0.717, 1.165) is 11.1 Å². The number of carbonyl (C=O) groups excluding carboxylic acids is 2. The Balaban J connectivity index is 2.02. The first kappa shape index (κ1) is 17.3. The quantitative estimate of drug-likeness (QED) is 0.885. The number of fused-ring (bicyclic) bond motifs is 1. The summed E-state index contributed by atoms with van der Waals surface area (Å²) < 4.78 is 0. The monoisotopic (exact) mass is 358 g/mol. The van der Waals surface area contributed by atoms with E-state index >= 15 is 0 Å². The number of halogens is 1. The summed E-state index contributed by atoms with van der Waals surface area (Å²) in [5.41, 5.74) is 2.50. The van der Waals surface area contributed by atoms with Gasteiger partial charge in [-0.1, -0.05) is 35.9 Å². The van der Waals surface area contributed by atoms with Crippen LogP contribution >= 0.6 is 11.6 Å². The van der Waals surface area contributed by atoms with E-state index in [-0.39, 0.29) is 17.2 Å². The summed E-state index contributed by atoms with van der Waals surface area (Å²) in [6.07, 6.45) is 0. The lowest BCUT2D eigenvalue weighted by Gasteiger charge is -2.25. The van der Waals surface area contributed by atoms with Gasteiger partial charge in [-0.05, 0) is 42.7 Å². The van der Waals surface area contributed by atoms with Crippen molar-refractivity contribution in [3.63, 3.8) is 0 Å². The lowest BCUT2D eigenvalue weighted by molar-refractivity contribution is -0.125. The zero-order chi connectivity index (χ0) is 18.1. The fraction of sp³-hybridized carbons (Fsp3) is 0.263. The number of likely N-dealkylation sites (N-methyl/N-ethyl adjacent to an activating group) is 1. The van der Waals surface area contributed by atoms with Gasteiger partial charge in [-0.25, -0.2) is 0 Å². The molecule has 1 heterocycles. The minimum Gasteiger partial charge on any atom is -0.507 e. The highest BCUT2D eigenvalue weighted by molar-refractivity contribution is 6.31. The summed E-state index contributed by atoms with van der Waals surface area (Å²) in [4.78, 5) is 27.1. The summed E-state index contributed by atoms with van der Waals surface area (Å²) in [5, 5.41) is 13.4. The third-order valence-corrected chi connectivity index (χ3v) is 4.78. The van der Waals surface area contributed by atoms with E-state index in [1.165, 1.54) is 17.0 Å². The number of nitrogens with zero attached hydrogens (tertiary/aromatic N) is 1. The Morgan fingerprint density at radius 1 is 1.32 bits per heavy atom. The van der Waals surface area contributed by atoms with Crippen LogP contribution in [0.1, 0.15) is 40.0 Å². The molecule has 3 rings (SSSR count). The van der Waals surface area contributed by atoms with Gasteiger partial charge in [0.05, 0.1) is 5.56 Å². The van der Waals surface area contributed by atoms with Crippen molar-refractivity contribution in [3.05, 3.63) is 63.7 Å². The van der Waals surface area contributed by atoms with Gasteiger partial charge in [-0.2, -0.15) is 0 Å². The minimum absolute atomic E-state index is 0.0951. The molecule has 0 saturated heterocycles. The van der Waals surface area contributed by atoms with Gasteiger partial charge < -0.3 is 15.3 Å². The summed E-state index contributed by atoms with van der Waals surface area (Å²) in [5.74, 6) is -0.803. The van der Waals surface area contributed by atoms with Gasteiger partial charge in [-0.15, -0.1) is 0 Å². The topological polar surface area (TPSA) is 69.6 Å². The zero-order valence-corrected chi connectivity index (χ0v) is 14.8. The molecule has 0 fully saturated rings. The molecule has 1 atom stereocenters. The van der Waals surface area contributed by atoms with Gasteiger partial charge in [-0.3, -0.25) is 9.59 Å². The third-order valence-electron chi connectivity index (χ3n) is 4.37. The van der Waals surface area contributed by atoms with Crippen molar-refractivity contribution in [3.8, 4) is 5.75 Å². The van der Waals surface area contributed by atoms with Gasteiger partial charge in [0.1, 0.15) is 11.8 Å². The van der Waals surface area contributed by atoms with E-state index in [1.54, 1.807) is 6.92 Å². The van der Waals surface area contributed by atoms with Gasteiger partial charge >= 0.3 is 0 Å². The minimum atomic E-state index is -0.719. The molecule has 1 aliphatic heterocycles. The normalized spacial score (nSPS) is 15.8. The van der Waals surface area contributed by atoms with E-state index in [1.807, 2.05) is 31.2 Å². The number of hydrogen-bond donors (Lipinski definition) is 2. The van der Waals surface area contributed by atoms with Crippen molar-refractivity contribution in [1.29, 1.82) is 0 Å². The molecule has 0 unspecified atom stereocenters. The van der Waals surface area contributed by atoms with Crippen molar-refractivity contribution in [2.75, 3.05) is 6.54 Å². The number of rotatable bonds is 3. The maximum absolute atomic E-state index is 13.0. The van der Waals surface area contributed by atoms with E-state index in [2.05, 4.69) is 5.32 Å². The lowest BCUT2D eigenvalue weighted by atomic mass is 10.0. The number of phenols is 1. The number of aromatic hydroxyl groups is 1. The summed E-state index contributed by atoms with van der Waals surface area (Å²) >= 11 is 6.11. The molecule has 2 N–H and O–H groups in total. The smallest absolute Gasteiger partial charge is 0.258 e. The van der Waals surface area contributed by atoms with Crippen LogP contribution in [-0.4, -0.2) is 28.4 Å². The molecule has 6 heteroatoms. The van der Waals surface area contributed by atoms with Crippen molar-refractivity contribution in [2.45, 2.75) is 26.4 Å². The van der Waals surface area contributed by atoms with Crippen molar-refractivity contribution < 1.29 is 14.7 Å². The van der Waals surface area contributed by atoms with Crippen LogP contribution in [0.2, 0.25) is 5.02 Å². The summed E-state index contributed by atoms with van der Waals surface area (Å²) in [7, 11) is 0. The molecule has 1 aliphatic rings. The molecule has 2 amide bonds. The number of hydrogen-bond acceptors (Lipinski definition) is 3. The first-order valence-electron chi connectivity index (χ1n) is 8.09. The fourth-order valence-electron chi connectivity index (χ4n) is 3.12. The molecule has 0 aliphatic carbocycles. The Labute approximate surface area is 151 Å². The first-order chi connectivity index (χ1) is 11.9. The second-order valence-electron chi connectivity index (χ2n) is 6.05. The van der Waals surface area contributed by atoms with Crippen LogP contribution in [0.5, 0.6) is 5.75 Å². The molecule has 0 radical (unpaired) electrons. The lowest BCUT2D eigenvalue weighted by Crippen LogP contribution is -2.39. The summed E-state index contributed by atoms with van der Waals surface area (Å²) in [6, 6.07) is 9.66. The molecule has 130 valence electrons. The number of amides is 2. The van der Waals surface area contributed by atoms with Gasteiger partial charge in [0, 0.05) is 18.1 Å². The van der Waals surface area contributed by atoms with Crippen LogP contribution in [0.4, 0.5) is 0 Å². The van der Waals surface area contributed by atoms with Gasteiger partial charge in [0.25, 0.3) is 5.91 Å². The Morgan fingerprint density at radius 2 is 2.04 bits per heavy atom. The third kappa shape index (κ3) is 3.07. The molecule has 0 bridgehead atoms. The number of carbonyl (C=O) groups is 2. The van der Waals surface area contributed by atoms with E-state index in [4.69, 9.17) is 11.6 Å². The maximum atomic E-state index is 13.0. The molecule has 0 saturated carbocycles. The Bertz CT molecular complexity index is 851. The van der Waals surface area contributed by atoms with E-state index in [9.17, 15) is 14.7 Å². The average molecular weight is 359 g/mol. The highest BCUT2D eigenvalue weighted by Gasteiger charge is 2.39. The molecule has 2 aromatic carbocycles. The van der Waals surface area contributed by atoms with Gasteiger partial charge in [0.15, 0.2) is 0 Å². The molecule has 5 nitrogen and oxygen atoms in total. The molecule has 0 spiro atoms. The Hall–Kier alpha value is -2.53. The Morgan fingerprint density at radius 3 is 2.76 bits per heavy atom. The maximum Gasteiger partial charge on any atom is 0.258 e. The van der Waals surface area contributed by atoms with Crippen LogP contribution in [0.25, 0.3) is 0 Å². The van der Waals surface area contributed by atoms with Crippen molar-refractivity contribution in [1.82, 2.24) is 10.2 Å².